The first-order chi connectivity index (χ1) is 31.7. The van der Waals surface area contributed by atoms with E-state index in [-0.39, 0.29) is 0 Å². The molecule has 0 radical (unpaired) electrons. The molecule has 0 saturated heterocycles. The second-order valence-corrected chi connectivity index (χ2v) is 16.5. The minimum atomic E-state index is 1.12. The number of para-hydroxylation sites is 3. The van der Waals surface area contributed by atoms with Crippen molar-refractivity contribution in [2.75, 3.05) is 4.90 Å². The maximum absolute atomic E-state index is 2.45. The van der Waals surface area contributed by atoms with E-state index >= 15 is 0 Å². The number of anilines is 3. The van der Waals surface area contributed by atoms with Crippen LogP contribution in [0.1, 0.15) is 0 Å². The molecule has 0 N–H and O–H groups in total. The fraction of sp³-hybridized carbons (Fsp3) is 0. The number of nitrogens with zero attached hydrogens (tertiary/aromatic N) is 2. The zero-order chi connectivity index (χ0) is 42.4. The highest BCUT2D eigenvalue weighted by Crippen LogP contribution is 2.44. The minimum Gasteiger partial charge on any atom is -0.309 e. The molecule has 0 unspecified atom stereocenters. The summed E-state index contributed by atoms with van der Waals surface area (Å²) in [6.07, 6.45) is 0. The molecule has 0 saturated carbocycles. The molecule has 11 aromatic carbocycles. The number of benzene rings is 11. The SMILES string of the molecule is c1ccc(-c2cc(-c3cccc4ccccc34)cc(-n3c4ccccc4c4cc(-c5ccc(-c6ccccc6N(c6ccccc6)c6cccc7ccccc67)cc5)ccc43)c2)cc1. The molecule has 300 valence electrons. The first-order valence-corrected chi connectivity index (χ1v) is 22.0. The van der Waals surface area contributed by atoms with Gasteiger partial charge in [-0.1, -0.05) is 194 Å². The lowest BCUT2D eigenvalue weighted by Crippen LogP contribution is -2.11. The summed E-state index contributed by atoms with van der Waals surface area (Å²) in [5.41, 5.74) is 16.4. The Morgan fingerprint density at radius 2 is 0.797 bits per heavy atom. The summed E-state index contributed by atoms with van der Waals surface area (Å²) in [5.74, 6) is 0. The van der Waals surface area contributed by atoms with Crippen LogP contribution in [0.5, 0.6) is 0 Å². The molecule has 0 amide bonds. The van der Waals surface area contributed by atoms with Crippen LogP contribution in [-0.4, -0.2) is 4.57 Å². The van der Waals surface area contributed by atoms with Crippen molar-refractivity contribution >= 4 is 60.4 Å². The van der Waals surface area contributed by atoms with Gasteiger partial charge in [-0.05, 0) is 116 Å². The van der Waals surface area contributed by atoms with Gasteiger partial charge in [0.15, 0.2) is 0 Å². The van der Waals surface area contributed by atoms with E-state index in [0.717, 1.165) is 22.7 Å². The number of hydrogen-bond donors (Lipinski definition) is 0. The van der Waals surface area contributed by atoms with Crippen molar-refractivity contribution in [2.24, 2.45) is 0 Å². The van der Waals surface area contributed by atoms with Crippen LogP contribution in [0, 0.1) is 0 Å². The number of aromatic nitrogens is 1. The van der Waals surface area contributed by atoms with Crippen LogP contribution in [0.3, 0.4) is 0 Å². The van der Waals surface area contributed by atoms with Gasteiger partial charge >= 0.3 is 0 Å². The quantitative estimate of drug-likeness (QED) is 0.148. The van der Waals surface area contributed by atoms with E-state index < -0.39 is 0 Å². The molecule has 1 aromatic heterocycles. The largest absolute Gasteiger partial charge is 0.309 e. The molecule has 0 bridgehead atoms. The predicted molar refractivity (Wildman–Crippen MR) is 272 cm³/mol. The first kappa shape index (κ1) is 37.3. The van der Waals surface area contributed by atoms with E-state index in [1.165, 1.54) is 87.9 Å². The summed E-state index contributed by atoms with van der Waals surface area (Å²) in [6.45, 7) is 0. The lowest BCUT2D eigenvalue weighted by atomic mass is 9.94. The topological polar surface area (TPSA) is 8.17 Å². The molecule has 12 rings (SSSR count). The molecular formula is C62H42N2. The fourth-order valence-corrected chi connectivity index (χ4v) is 9.74. The Morgan fingerprint density at radius 1 is 0.266 bits per heavy atom. The third kappa shape index (κ3) is 6.52. The highest BCUT2D eigenvalue weighted by molar-refractivity contribution is 6.11. The van der Waals surface area contributed by atoms with Crippen molar-refractivity contribution in [2.45, 2.75) is 0 Å². The summed E-state index contributed by atoms with van der Waals surface area (Å²) in [7, 11) is 0. The molecule has 0 fully saturated rings. The third-order valence-corrected chi connectivity index (χ3v) is 12.8. The molecule has 64 heavy (non-hydrogen) atoms. The lowest BCUT2D eigenvalue weighted by molar-refractivity contribution is 1.18. The van der Waals surface area contributed by atoms with Gasteiger partial charge in [0.1, 0.15) is 0 Å². The van der Waals surface area contributed by atoms with E-state index in [0.29, 0.717) is 0 Å². The van der Waals surface area contributed by atoms with E-state index in [1.54, 1.807) is 0 Å². The molecule has 12 aromatic rings. The Hall–Kier alpha value is -8.46. The molecule has 0 aliphatic rings. The van der Waals surface area contributed by atoms with E-state index in [1.807, 2.05) is 0 Å². The van der Waals surface area contributed by atoms with Gasteiger partial charge in [-0.3, -0.25) is 0 Å². The Kier molecular flexibility index (Phi) is 9.20. The zero-order valence-corrected chi connectivity index (χ0v) is 35.1. The van der Waals surface area contributed by atoms with Crippen LogP contribution in [-0.2, 0) is 0 Å². The molecule has 0 atom stereocenters. The van der Waals surface area contributed by atoms with Crippen molar-refractivity contribution in [3.63, 3.8) is 0 Å². The van der Waals surface area contributed by atoms with Gasteiger partial charge in [0.05, 0.1) is 22.4 Å². The van der Waals surface area contributed by atoms with Gasteiger partial charge in [0.2, 0.25) is 0 Å². The van der Waals surface area contributed by atoms with Crippen molar-refractivity contribution in [3.05, 3.63) is 255 Å². The van der Waals surface area contributed by atoms with Crippen LogP contribution < -0.4 is 4.90 Å². The maximum atomic E-state index is 2.45. The average Bonchev–Trinajstić information content (AvgIpc) is 3.71. The van der Waals surface area contributed by atoms with Crippen LogP contribution in [0.2, 0.25) is 0 Å². The van der Waals surface area contributed by atoms with Crippen molar-refractivity contribution in [1.29, 1.82) is 0 Å². The third-order valence-electron chi connectivity index (χ3n) is 12.8. The van der Waals surface area contributed by atoms with Gasteiger partial charge in [-0.15, -0.1) is 0 Å². The number of rotatable bonds is 8. The molecule has 0 aliphatic heterocycles. The summed E-state index contributed by atoms with van der Waals surface area (Å²) >= 11 is 0. The van der Waals surface area contributed by atoms with E-state index in [9.17, 15) is 0 Å². The smallest absolute Gasteiger partial charge is 0.0541 e. The average molecular weight is 815 g/mol. The highest BCUT2D eigenvalue weighted by Gasteiger charge is 2.20. The van der Waals surface area contributed by atoms with Gasteiger partial charge in [-0.25, -0.2) is 0 Å². The fourth-order valence-electron chi connectivity index (χ4n) is 9.74. The van der Waals surface area contributed by atoms with E-state index in [4.69, 9.17) is 0 Å². The normalized spacial score (nSPS) is 11.4. The second kappa shape index (κ2) is 15.8. The molecule has 0 spiro atoms. The Bertz CT molecular complexity index is 3650. The van der Waals surface area contributed by atoms with Gasteiger partial charge in [-0.2, -0.15) is 0 Å². The minimum absolute atomic E-state index is 1.12. The van der Waals surface area contributed by atoms with Gasteiger partial charge < -0.3 is 9.47 Å². The summed E-state index contributed by atoms with van der Waals surface area (Å²) in [4.78, 5) is 2.40. The Morgan fingerprint density at radius 3 is 1.61 bits per heavy atom. The summed E-state index contributed by atoms with van der Waals surface area (Å²) in [5, 5.41) is 7.38. The zero-order valence-electron chi connectivity index (χ0n) is 35.1. The van der Waals surface area contributed by atoms with Crippen molar-refractivity contribution in [3.8, 4) is 50.2 Å². The van der Waals surface area contributed by atoms with Gasteiger partial charge in [0.25, 0.3) is 0 Å². The monoisotopic (exact) mass is 814 g/mol. The van der Waals surface area contributed by atoms with Crippen LogP contribution >= 0.6 is 0 Å². The van der Waals surface area contributed by atoms with Gasteiger partial charge in [0, 0.05) is 33.1 Å². The van der Waals surface area contributed by atoms with E-state index in [2.05, 4.69) is 264 Å². The molecular weight excluding hydrogens is 773 g/mol. The number of hydrogen-bond acceptors (Lipinski definition) is 1. The molecule has 1 heterocycles. The van der Waals surface area contributed by atoms with Crippen molar-refractivity contribution < 1.29 is 0 Å². The molecule has 2 nitrogen and oxygen atoms in total. The summed E-state index contributed by atoms with van der Waals surface area (Å²) < 4.78 is 2.45. The number of fused-ring (bicyclic) bond motifs is 5. The molecule has 0 aliphatic carbocycles. The van der Waals surface area contributed by atoms with Crippen molar-refractivity contribution in [1.82, 2.24) is 4.57 Å². The van der Waals surface area contributed by atoms with Crippen LogP contribution in [0.15, 0.2) is 255 Å². The second-order valence-electron chi connectivity index (χ2n) is 16.5. The highest BCUT2D eigenvalue weighted by atomic mass is 15.1. The van der Waals surface area contributed by atoms with Crippen LogP contribution in [0.4, 0.5) is 17.1 Å². The Labute approximate surface area is 373 Å². The first-order valence-electron chi connectivity index (χ1n) is 22.0. The summed E-state index contributed by atoms with van der Waals surface area (Å²) in [6, 6.07) is 92.7. The maximum Gasteiger partial charge on any atom is 0.0541 e. The van der Waals surface area contributed by atoms with Crippen LogP contribution in [0.25, 0.3) is 93.5 Å². The predicted octanol–water partition coefficient (Wildman–Crippen LogP) is 17.2. The molecule has 2 heteroatoms. The standard InChI is InChI=1S/C62H42N2/c1-3-17-43(18-4-1)49-39-50(54-29-15-21-45-19-7-9-25-53(45)54)41-52(40-49)64-61-31-14-12-28-57(61)58-42-48(37-38-62(58)64)44-33-35-47(36-34-44)56-27-11-13-30-59(56)63(51-23-5-2-6-24-51)60-32-16-22-46-20-8-10-26-55(46)60/h1-42H. The lowest BCUT2D eigenvalue weighted by Gasteiger charge is -2.29. The Balaban J connectivity index is 0.965.